The minimum Gasteiger partial charge on any atom is -0.493 e. The van der Waals surface area contributed by atoms with Crippen molar-refractivity contribution in [3.63, 3.8) is 0 Å². The maximum Gasteiger partial charge on any atom is 0.335 e. The lowest BCUT2D eigenvalue weighted by Crippen LogP contribution is -2.07. The van der Waals surface area contributed by atoms with Gasteiger partial charge in [-0.2, -0.15) is 0 Å². The summed E-state index contributed by atoms with van der Waals surface area (Å²) in [4.78, 5) is 11.2. The van der Waals surface area contributed by atoms with Crippen molar-refractivity contribution in [1.82, 2.24) is 0 Å². The third-order valence-electron chi connectivity index (χ3n) is 4.65. The van der Waals surface area contributed by atoms with Gasteiger partial charge in [-0.3, -0.25) is 0 Å². The first-order valence-electron chi connectivity index (χ1n) is 9.20. The fourth-order valence-electron chi connectivity index (χ4n) is 3.01. The molecule has 0 amide bonds. The van der Waals surface area contributed by atoms with Gasteiger partial charge in [-0.1, -0.05) is 45.7 Å². The number of anilines is 1. The molecule has 5 nitrogen and oxygen atoms in total. The van der Waals surface area contributed by atoms with E-state index in [0.29, 0.717) is 29.7 Å². The average Bonchev–Trinajstić information content (AvgIpc) is 2.73. The van der Waals surface area contributed by atoms with Crippen LogP contribution in [0.5, 0.6) is 11.5 Å². The second kappa shape index (κ2) is 9.87. The number of benzene rings is 3. The zero-order valence-corrected chi connectivity index (χ0v) is 18.9. The molecule has 2 N–H and O–H groups in total. The van der Waals surface area contributed by atoms with Crippen LogP contribution in [0, 0.1) is 6.92 Å². The van der Waals surface area contributed by atoms with Crippen LogP contribution in [0.25, 0.3) is 0 Å². The van der Waals surface area contributed by atoms with E-state index in [9.17, 15) is 4.79 Å². The zero-order chi connectivity index (χ0) is 21.7. The van der Waals surface area contributed by atoms with Crippen LogP contribution in [-0.2, 0) is 13.2 Å². The summed E-state index contributed by atoms with van der Waals surface area (Å²) in [6, 6.07) is 16.2. The van der Waals surface area contributed by atoms with Crippen LogP contribution in [0.1, 0.15) is 27.0 Å². The minimum absolute atomic E-state index is 0.254. The smallest absolute Gasteiger partial charge is 0.335 e. The Kier molecular flexibility index (Phi) is 7.24. The molecule has 0 saturated carbocycles. The predicted octanol–water partition coefficient (Wildman–Crippen LogP) is 6.31. The first-order valence-corrected chi connectivity index (χ1v) is 10.4. The van der Waals surface area contributed by atoms with Crippen LogP contribution in [0.3, 0.4) is 0 Å². The summed E-state index contributed by atoms with van der Waals surface area (Å²) in [5, 5.41) is 13.1. The lowest BCUT2D eigenvalue weighted by atomic mass is 10.1. The normalized spacial score (nSPS) is 10.5. The SMILES string of the molecule is COc1ccc(Br)c(CNc2ccc(C(=O)O)cc2C)c1OCc1ccccc1Cl. The standard InChI is InChI=1S/C23H21BrClNO4/c1-14-11-15(23(27)28)7-9-20(14)26-12-17-18(24)8-10-21(29-2)22(17)30-13-16-5-3-4-6-19(16)25/h3-11,26H,12-13H2,1-2H3,(H,27,28). The van der Waals surface area contributed by atoms with Crippen LogP contribution in [0.2, 0.25) is 5.02 Å². The van der Waals surface area contributed by atoms with Crippen molar-refractivity contribution in [2.24, 2.45) is 0 Å². The Hall–Kier alpha value is -2.70. The van der Waals surface area contributed by atoms with E-state index in [1.54, 1.807) is 25.3 Å². The number of carboxylic acids is 1. The number of rotatable bonds is 8. The van der Waals surface area contributed by atoms with Crippen LogP contribution in [-0.4, -0.2) is 18.2 Å². The number of hydrogen-bond acceptors (Lipinski definition) is 4. The molecule has 3 rings (SSSR count). The highest BCUT2D eigenvalue weighted by molar-refractivity contribution is 9.10. The van der Waals surface area contributed by atoms with Gasteiger partial charge in [0, 0.05) is 32.9 Å². The number of ether oxygens (including phenoxy) is 2. The summed E-state index contributed by atoms with van der Waals surface area (Å²) in [6.45, 7) is 2.61. The average molecular weight is 491 g/mol. The molecule has 0 heterocycles. The van der Waals surface area contributed by atoms with E-state index >= 15 is 0 Å². The number of aryl methyl sites for hydroxylation is 1. The second-order valence-corrected chi connectivity index (χ2v) is 7.89. The van der Waals surface area contributed by atoms with E-state index in [4.69, 9.17) is 26.2 Å². The van der Waals surface area contributed by atoms with E-state index in [1.165, 1.54) is 0 Å². The molecular weight excluding hydrogens is 470 g/mol. The molecule has 0 aliphatic heterocycles. The Labute approximate surface area is 188 Å². The molecular formula is C23H21BrClNO4. The maximum absolute atomic E-state index is 11.2. The molecule has 0 spiro atoms. The number of methoxy groups -OCH3 is 1. The molecule has 0 atom stereocenters. The monoisotopic (exact) mass is 489 g/mol. The van der Waals surface area contributed by atoms with Gasteiger partial charge in [0.05, 0.1) is 12.7 Å². The summed E-state index contributed by atoms with van der Waals surface area (Å²) in [5.74, 6) is 0.273. The van der Waals surface area contributed by atoms with E-state index in [2.05, 4.69) is 21.2 Å². The number of carboxylic acid groups (broad SMARTS) is 1. The number of nitrogens with one attached hydrogen (secondary N) is 1. The van der Waals surface area contributed by atoms with Crippen LogP contribution >= 0.6 is 27.5 Å². The van der Waals surface area contributed by atoms with Crippen molar-refractivity contribution in [3.05, 3.63) is 86.3 Å². The number of carbonyl (C=O) groups is 1. The molecule has 0 radical (unpaired) electrons. The Balaban J connectivity index is 1.85. The molecule has 7 heteroatoms. The van der Waals surface area contributed by atoms with Crippen LogP contribution in [0.4, 0.5) is 5.69 Å². The number of halogens is 2. The van der Waals surface area contributed by atoms with Crippen molar-refractivity contribution < 1.29 is 19.4 Å². The topological polar surface area (TPSA) is 67.8 Å². The molecule has 0 saturated heterocycles. The predicted molar refractivity (Wildman–Crippen MR) is 122 cm³/mol. The van der Waals surface area contributed by atoms with Gasteiger partial charge in [0.25, 0.3) is 0 Å². The summed E-state index contributed by atoms with van der Waals surface area (Å²) in [5.41, 5.74) is 3.69. The summed E-state index contributed by atoms with van der Waals surface area (Å²) in [6.07, 6.45) is 0. The molecule has 0 unspecified atom stereocenters. The largest absolute Gasteiger partial charge is 0.493 e. The van der Waals surface area contributed by atoms with Crippen molar-refractivity contribution >= 4 is 39.2 Å². The highest BCUT2D eigenvalue weighted by Gasteiger charge is 2.16. The Morgan fingerprint density at radius 2 is 1.93 bits per heavy atom. The molecule has 0 aliphatic carbocycles. The Bertz CT molecular complexity index is 1070. The molecule has 30 heavy (non-hydrogen) atoms. The molecule has 0 bridgehead atoms. The fraction of sp³-hybridized carbons (Fsp3) is 0.174. The number of aromatic carboxylic acids is 1. The van der Waals surface area contributed by atoms with Crippen LogP contribution < -0.4 is 14.8 Å². The van der Waals surface area contributed by atoms with Crippen molar-refractivity contribution in [3.8, 4) is 11.5 Å². The van der Waals surface area contributed by atoms with Crippen LogP contribution in [0.15, 0.2) is 59.1 Å². The van der Waals surface area contributed by atoms with Crippen molar-refractivity contribution in [1.29, 1.82) is 0 Å². The van der Waals surface area contributed by atoms with Gasteiger partial charge >= 0.3 is 5.97 Å². The number of hydrogen-bond donors (Lipinski definition) is 2. The van der Waals surface area contributed by atoms with E-state index in [-0.39, 0.29) is 5.56 Å². The van der Waals surface area contributed by atoms with Gasteiger partial charge in [0.2, 0.25) is 0 Å². The van der Waals surface area contributed by atoms with Gasteiger partial charge < -0.3 is 19.9 Å². The summed E-state index contributed by atoms with van der Waals surface area (Å²) >= 11 is 9.85. The van der Waals surface area contributed by atoms with E-state index < -0.39 is 5.97 Å². The van der Waals surface area contributed by atoms with E-state index in [1.807, 2.05) is 43.3 Å². The molecule has 3 aromatic carbocycles. The van der Waals surface area contributed by atoms with Crippen molar-refractivity contribution in [2.45, 2.75) is 20.1 Å². The highest BCUT2D eigenvalue weighted by Crippen LogP contribution is 2.37. The molecule has 0 fully saturated rings. The van der Waals surface area contributed by atoms with Gasteiger partial charge in [-0.05, 0) is 48.9 Å². The third kappa shape index (κ3) is 5.07. The lowest BCUT2D eigenvalue weighted by Gasteiger charge is -2.18. The molecule has 3 aromatic rings. The summed E-state index contributed by atoms with van der Waals surface area (Å²) in [7, 11) is 1.59. The maximum atomic E-state index is 11.2. The van der Waals surface area contributed by atoms with Gasteiger partial charge in [0.15, 0.2) is 11.5 Å². The van der Waals surface area contributed by atoms with Gasteiger partial charge in [0.1, 0.15) is 6.61 Å². The lowest BCUT2D eigenvalue weighted by molar-refractivity contribution is 0.0697. The second-order valence-electron chi connectivity index (χ2n) is 6.63. The summed E-state index contributed by atoms with van der Waals surface area (Å²) < 4.78 is 12.5. The van der Waals surface area contributed by atoms with Gasteiger partial charge in [-0.15, -0.1) is 0 Å². The molecule has 0 aromatic heterocycles. The Morgan fingerprint density at radius 1 is 1.17 bits per heavy atom. The fourth-order valence-corrected chi connectivity index (χ4v) is 3.65. The minimum atomic E-state index is -0.949. The first-order chi connectivity index (χ1) is 14.4. The first kappa shape index (κ1) is 22.0. The van der Waals surface area contributed by atoms with Crippen molar-refractivity contribution in [2.75, 3.05) is 12.4 Å². The Morgan fingerprint density at radius 3 is 2.60 bits per heavy atom. The zero-order valence-electron chi connectivity index (χ0n) is 16.5. The quantitative estimate of drug-likeness (QED) is 0.387. The molecule has 156 valence electrons. The third-order valence-corrected chi connectivity index (χ3v) is 5.76. The highest BCUT2D eigenvalue weighted by atomic mass is 79.9. The molecule has 0 aliphatic rings. The van der Waals surface area contributed by atoms with Gasteiger partial charge in [-0.25, -0.2) is 4.79 Å². The van der Waals surface area contributed by atoms with E-state index in [0.717, 1.165) is 26.9 Å².